The largest absolute Gasteiger partial charge is 0.228 e. The van der Waals surface area contributed by atoms with Crippen molar-refractivity contribution in [3.63, 3.8) is 0 Å². The highest BCUT2D eigenvalue weighted by atomic mass is 14.9. The Kier molecular flexibility index (Phi) is 8.98. The smallest absolute Gasteiger partial charge is 0.160 e. The lowest BCUT2D eigenvalue weighted by Crippen LogP contribution is -2.18. The molecule has 0 atom stereocenters. The fourth-order valence-corrected chi connectivity index (χ4v) is 5.78. The molecule has 0 bridgehead atoms. The van der Waals surface area contributed by atoms with E-state index in [1.165, 1.54) is 33.4 Å². The van der Waals surface area contributed by atoms with Gasteiger partial charge in [-0.1, -0.05) is 178 Å². The topological polar surface area (TPSA) is 25.8 Å². The third kappa shape index (κ3) is 6.57. The molecule has 46 heavy (non-hydrogen) atoms. The molecule has 0 aliphatic heterocycles. The van der Waals surface area contributed by atoms with Gasteiger partial charge in [0.05, 0.1) is 11.4 Å². The number of nitrogens with zero attached hydrogens (tertiary/aromatic N) is 2. The molecule has 1 aromatic heterocycles. The van der Waals surface area contributed by atoms with Crippen LogP contribution in [0.15, 0.2) is 170 Å². The van der Waals surface area contributed by atoms with Gasteiger partial charge in [-0.05, 0) is 51.9 Å². The Morgan fingerprint density at radius 1 is 0.565 bits per heavy atom. The van der Waals surface area contributed by atoms with E-state index in [1.54, 1.807) is 6.08 Å². The molecule has 0 aliphatic rings. The maximum Gasteiger partial charge on any atom is 0.160 e. The van der Waals surface area contributed by atoms with Crippen LogP contribution in [0.25, 0.3) is 50.5 Å². The van der Waals surface area contributed by atoms with Crippen molar-refractivity contribution in [3.8, 4) is 44.9 Å². The quantitative estimate of drug-likeness (QED) is 0.156. The first-order valence-corrected chi connectivity index (χ1v) is 15.7. The maximum absolute atomic E-state index is 5.00. The minimum atomic E-state index is -0.175. The zero-order valence-electron chi connectivity index (χ0n) is 26.7. The van der Waals surface area contributed by atoms with Crippen LogP contribution >= 0.6 is 0 Å². The van der Waals surface area contributed by atoms with Crippen LogP contribution in [0.3, 0.4) is 0 Å². The molecule has 0 aliphatic carbocycles. The number of hydrogen-bond donors (Lipinski definition) is 0. The summed E-state index contributed by atoms with van der Waals surface area (Å²) >= 11 is 0. The van der Waals surface area contributed by atoms with Gasteiger partial charge in [0, 0.05) is 16.5 Å². The zero-order chi connectivity index (χ0) is 31.9. The van der Waals surface area contributed by atoms with Crippen LogP contribution in [-0.2, 0) is 5.41 Å². The van der Waals surface area contributed by atoms with Gasteiger partial charge in [0.15, 0.2) is 5.82 Å². The molecule has 1 heterocycles. The van der Waals surface area contributed by atoms with Gasteiger partial charge in [0.2, 0.25) is 0 Å². The van der Waals surface area contributed by atoms with E-state index < -0.39 is 0 Å². The molecule has 2 nitrogen and oxygen atoms in total. The highest BCUT2D eigenvalue weighted by Gasteiger charge is 2.23. The number of benzene rings is 5. The Labute approximate surface area is 273 Å². The van der Waals surface area contributed by atoms with Crippen LogP contribution in [0, 0.1) is 0 Å². The van der Waals surface area contributed by atoms with E-state index in [4.69, 9.17) is 9.97 Å². The fraction of sp³-hybridized carbons (Fsp3) is 0.0909. The van der Waals surface area contributed by atoms with E-state index in [0.29, 0.717) is 5.82 Å². The molecule has 0 N–H and O–H groups in total. The second kappa shape index (κ2) is 13.6. The first-order chi connectivity index (χ1) is 22.5. The van der Waals surface area contributed by atoms with E-state index in [1.807, 2.05) is 49.4 Å². The van der Waals surface area contributed by atoms with Gasteiger partial charge in [-0.25, -0.2) is 9.97 Å². The average molecular weight is 595 g/mol. The standard InChI is InChI=1S/C44H38N2/c1-5-13-36(14-6-2)41-31-42(46-43(45-41)38-17-11-8-12-18-38)37-25-29-40(30-26-37)44(3,4)39-27-23-35(24-28-39)34-21-19-33(20-22-34)32-15-9-7-10-16-32/h5-31H,1H2,2-4H3/b14-6-,36-13+. The van der Waals surface area contributed by atoms with Crippen LogP contribution in [0.5, 0.6) is 0 Å². The summed E-state index contributed by atoms with van der Waals surface area (Å²) in [5, 5.41) is 0. The Balaban J connectivity index is 1.27. The lowest BCUT2D eigenvalue weighted by atomic mass is 9.77. The van der Waals surface area contributed by atoms with Crippen LogP contribution < -0.4 is 0 Å². The van der Waals surface area contributed by atoms with Gasteiger partial charge in [-0.3, -0.25) is 0 Å². The summed E-state index contributed by atoms with van der Waals surface area (Å²) in [6, 6.07) is 49.3. The van der Waals surface area contributed by atoms with Crippen molar-refractivity contribution in [1.29, 1.82) is 0 Å². The van der Waals surface area contributed by atoms with Gasteiger partial charge in [-0.2, -0.15) is 0 Å². The molecule has 0 amide bonds. The summed E-state index contributed by atoms with van der Waals surface area (Å²) < 4.78 is 0. The Hall–Kier alpha value is -5.60. The van der Waals surface area contributed by atoms with Gasteiger partial charge < -0.3 is 0 Å². The Morgan fingerprint density at radius 3 is 1.52 bits per heavy atom. The zero-order valence-corrected chi connectivity index (χ0v) is 26.7. The second-order valence-corrected chi connectivity index (χ2v) is 11.9. The third-order valence-corrected chi connectivity index (χ3v) is 8.53. The van der Waals surface area contributed by atoms with Crippen LogP contribution in [-0.4, -0.2) is 9.97 Å². The predicted molar refractivity (Wildman–Crippen MR) is 195 cm³/mol. The molecule has 0 saturated heterocycles. The highest BCUT2D eigenvalue weighted by Crippen LogP contribution is 2.35. The first-order valence-electron chi connectivity index (χ1n) is 15.7. The molecule has 5 aromatic carbocycles. The maximum atomic E-state index is 5.00. The SMILES string of the molecule is C=C/C=C(\C=C/C)c1cc(-c2ccc(C(C)(C)c3ccc(-c4ccc(-c5ccccc5)cc4)cc3)cc2)nc(-c2ccccc2)n1. The van der Waals surface area contributed by atoms with Crippen LogP contribution in [0.4, 0.5) is 0 Å². The van der Waals surface area contributed by atoms with Crippen molar-refractivity contribution in [2.75, 3.05) is 0 Å². The van der Waals surface area contributed by atoms with Crippen molar-refractivity contribution in [1.82, 2.24) is 9.97 Å². The number of rotatable bonds is 9. The molecular formula is C44H38N2. The third-order valence-electron chi connectivity index (χ3n) is 8.53. The number of hydrogen-bond acceptors (Lipinski definition) is 2. The summed E-state index contributed by atoms with van der Waals surface area (Å²) in [4.78, 5) is 9.93. The van der Waals surface area contributed by atoms with E-state index in [-0.39, 0.29) is 5.41 Å². The van der Waals surface area contributed by atoms with Gasteiger partial charge >= 0.3 is 0 Å². The molecule has 6 aromatic rings. The van der Waals surface area contributed by atoms with Gasteiger partial charge in [-0.15, -0.1) is 0 Å². The normalized spacial score (nSPS) is 11.9. The second-order valence-electron chi connectivity index (χ2n) is 11.9. The monoisotopic (exact) mass is 594 g/mol. The van der Waals surface area contributed by atoms with Crippen molar-refractivity contribution in [3.05, 3.63) is 187 Å². The van der Waals surface area contributed by atoms with Crippen molar-refractivity contribution in [2.24, 2.45) is 0 Å². The molecular weight excluding hydrogens is 556 g/mol. The first kappa shape index (κ1) is 30.4. The lowest BCUT2D eigenvalue weighted by Gasteiger charge is -2.26. The average Bonchev–Trinajstić information content (AvgIpc) is 3.12. The van der Waals surface area contributed by atoms with Gasteiger partial charge in [0.1, 0.15) is 0 Å². The van der Waals surface area contributed by atoms with E-state index >= 15 is 0 Å². The molecule has 224 valence electrons. The highest BCUT2D eigenvalue weighted by molar-refractivity contribution is 5.77. The van der Waals surface area contributed by atoms with Crippen molar-refractivity contribution >= 4 is 5.57 Å². The summed E-state index contributed by atoms with van der Waals surface area (Å²) in [5.74, 6) is 0.701. The molecule has 0 fully saturated rings. The van der Waals surface area contributed by atoms with Crippen molar-refractivity contribution < 1.29 is 0 Å². The van der Waals surface area contributed by atoms with Crippen LogP contribution in [0.1, 0.15) is 37.6 Å². The van der Waals surface area contributed by atoms with E-state index in [9.17, 15) is 0 Å². The Morgan fingerprint density at radius 2 is 1.02 bits per heavy atom. The van der Waals surface area contributed by atoms with E-state index in [0.717, 1.165) is 28.1 Å². The summed E-state index contributed by atoms with van der Waals surface area (Å²) in [7, 11) is 0. The number of allylic oxidation sites excluding steroid dienone is 5. The van der Waals surface area contributed by atoms with E-state index in [2.05, 4.69) is 136 Å². The Bertz CT molecular complexity index is 1980. The number of aromatic nitrogens is 2. The fourth-order valence-electron chi connectivity index (χ4n) is 5.78. The van der Waals surface area contributed by atoms with Gasteiger partial charge in [0.25, 0.3) is 0 Å². The molecule has 0 radical (unpaired) electrons. The molecule has 0 saturated carbocycles. The minimum Gasteiger partial charge on any atom is -0.228 e. The lowest BCUT2D eigenvalue weighted by molar-refractivity contribution is 0.641. The van der Waals surface area contributed by atoms with Crippen LogP contribution in [0.2, 0.25) is 0 Å². The predicted octanol–water partition coefficient (Wildman–Crippen LogP) is 11.6. The minimum absolute atomic E-state index is 0.175. The summed E-state index contributed by atoms with van der Waals surface area (Å²) in [6.45, 7) is 10.5. The summed E-state index contributed by atoms with van der Waals surface area (Å²) in [6.07, 6.45) is 7.85. The molecule has 0 unspecified atom stereocenters. The summed E-state index contributed by atoms with van der Waals surface area (Å²) in [5.41, 5.74) is 12.0. The molecule has 0 spiro atoms. The molecule has 6 rings (SSSR count). The molecule has 2 heteroatoms. The van der Waals surface area contributed by atoms with Crippen molar-refractivity contribution in [2.45, 2.75) is 26.2 Å².